The predicted octanol–water partition coefficient (Wildman–Crippen LogP) is 0.867. The normalized spacial score (nSPS) is 15.0. The van der Waals surface area contributed by atoms with Gasteiger partial charge in [-0.15, -0.1) is 0 Å². The summed E-state index contributed by atoms with van der Waals surface area (Å²) in [6.45, 7) is 1.36. The zero-order chi connectivity index (χ0) is 9.10. The smallest absolute Gasteiger partial charge is 0.235 e. The summed E-state index contributed by atoms with van der Waals surface area (Å²) in [5.74, 6) is 1.38. The van der Waals surface area contributed by atoms with Crippen LogP contribution < -0.4 is 4.74 Å². The molecule has 0 N–H and O–H groups in total. The van der Waals surface area contributed by atoms with Crippen molar-refractivity contribution >= 4 is 5.90 Å². The summed E-state index contributed by atoms with van der Waals surface area (Å²) in [6.07, 6.45) is 1.68. The molecule has 2 rings (SSSR count). The van der Waals surface area contributed by atoms with Gasteiger partial charge in [0.15, 0.2) is 0 Å². The zero-order valence-corrected chi connectivity index (χ0v) is 7.36. The van der Waals surface area contributed by atoms with Gasteiger partial charge in [0.2, 0.25) is 5.90 Å². The number of aliphatic imine (C=N–C) groups is 1. The third-order valence-corrected chi connectivity index (χ3v) is 1.77. The van der Waals surface area contributed by atoms with E-state index in [0.717, 1.165) is 11.4 Å². The number of methoxy groups -OCH3 is 1. The maximum atomic E-state index is 5.27. The van der Waals surface area contributed by atoms with Gasteiger partial charge in [0.1, 0.15) is 18.1 Å². The van der Waals surface area contributed by atoms with Gasteiger partial charge in [-0.1, -0.05) is 0 Å². The Labute approximate surface area is 76.2 Å². The quantitative estimate of drug-likeness (QED) is 0.674. The molecule has 68 valence electrons. The standard InChI is InChI=1S/C9H10N2O2/c1-12-7-2-3-10-8(6-7)9-11-4-5-13-9/h2-3,6H,4-5H2,1H3. The summed E-state index contributed by atoms with van der Waals surface area (Å²) in [6, 6.07) is 3.60. The van der Waals surface area contributed by atoms with Crippen molar-refractivity contribution in [1.29, 1.82) is 0 Å². The highest BCUT2D eigenvalue weighted by molar-refractivity contribution is 5.93. The number of hydrogen-bond acceptors (Lipinski definition) is 4. The molecule has 13 heavy (non-hydrogen) atoms. The fourth-order valence-electron chi connectivity index (χ4n) is 1.15. The molecule has 0 saturated heterocycles. The van der Waals surface area contributed by atoms with Crippen molar-refractivity contribution in [3.63, 3.8) is 0 Å². The van der Waals surface area contributed by atoms with E-state index in [2.05, 4.69) is 9.98 Å². The van der Waals surface area contributed by atoms with E-state index < -0.39 is 0 Å². The number of nitrogens with zero attached hydrogens (tertiary/aromatic N) is 2. The van der Waals surface area contributed by atoms with Gasteiger partial charge < -0.3 is 9.47 Å². The van der Waals surface area contributed by atoms with Crippen LogP contribution in [0, 0.1) is 0 Å². The molecule has 1 aliphatic heterocycles. The molecule has 0 aromatic carbocycles. The number of pyridine rings is 1. The largest absolute Gasteiger partial charge is 0.497 e. The Balaban J connectivity index is 2.29. The Kier molecular flexibility index (Phi) is 2.12. The number of ether oxygens (including phenoxy) is 2. The Morgan fingerprint density at radius 3 is 3.15 bits per heavy atom. The molecule has 1 aromatic heterocycles. The molecule has 0 atom stereocenters. The van der Waals surface area contributed by atoms with Crippen molar-refractivity contribution < 1.29 is 9.47 Å². The number of hydrogen-bond donors (Lipinski definition) is 0. The molecule has 0 bridgehead atoms. The fourth-order valence-corrected chi connectivity index (χ4v) is 1.15. The Bertz CT molecular complexity index is 336. The molecule has 0 aliphatic carbocycles. The molecule has 0 unspecified atom stereocenters. The summed E-state index contributed by atoms with van der Waals surface area (Å²) in [7, 11) is 1.62. The van der Waals surface area contributed by atoms with Crippen molar-refractivity contribution in [2.24, 2.45) is 4.99 Å². The molecular weight excluding hydrogens is 168 g/mol. The van der Waals surface area contributed by atoms with Gasteiger partial charge in [-0.05, 0) is 6.07 Å². The lowest BCUT2D eigenvalue weighted by molar-refractivity contribution is 0.347. The summed E-state index contributed by atoms with van der Waals surface area (Å²) in [4.78, 5) is 8.29. The molecule has 0 fully saturated rings. The maximum absolute atomic E-state index is 5.27. The lowest BCUT2D eigenvalue weighted by atomic mass is 10.3. The third-order valence-electron chi connectivity index (χ3n) is 1.77. The molecule has 1 aliphatic rings. The van der Waals surface area contributed by atoms with Crippen LogP contribution >= 0.6 is 0 Å². The fraction of sp³-hybridized carbons (Fsp3) is 0.333. The van der Waals surface area contributed by atoms with Crippen LogP contribution in [0.15, 0.2) is 23.3 Å². The Morgan fingerprint density at radius 1 is 1.54 bits per heavy atom. The van der Waals surface area contributed by atoms with E-state index >= 15 is 0 Å². The molecular formula is C9H10N2O2. The van der Waals surface area contributed by atoms with Gasteiger partial charge in [-0.2, -0.15) is 0 Å². The van der Waals surface area contributed by atoms with Crippen LogP contribution in [0.3, 0.4) is 0 Å². The van der Waals surface area contributed by atoms with E-state index in [1.54, 1.807) is 19.4 Å². The second-order valence-electron chi connectivity index (χ2n) is 2.62. The van der Waals surface area contributed by atoms with Gasteiger partial charge in [0.25, 0.3) is 0 Å². The Morgan fingerprint density at radius 2 is 2.46 bits per heavy atom. The van der Waals surface area contributed by atoms with Gasteiger partial charge in [0, 0.05) is 12.3 Å². The topological polar surface area (TPSA) is 43.7 Å². The molecule has 0 radical (unpaired) electrons. The van der Waals surface area contributed by atoms with Crippen molar-refractivity contribution in [3.8, 4) is 5.75 Å². The minimum Gasteiger partial charge on any atom is -0.497 e. The van der Waals surface area contributed by atoms with Crippen LogP contribution in [0.5, 0.6) is 5.75 Å². The predicted molar refractivity (Wildman–Crippen MR) is 48.1 cm³/mol. The van der Waals surface area contributed by atoms with Crippen LogP contribution in [0.1, 0.15) is 5.69 Å². The lowest BCUT2D eigenvalue weighted by Gasteiger charge is -2.02. The van der Waals surface area contributed by atoms with E-state index in [9.17, 15) is 0 Å². The second-order valence-corrected chi connectivity index (χ2v) is 2.62. The van der Waals surface area contributed by atoms with Crippen LogP contribution in [0.2, 0.25) is 0 Å². The van der Waals surface area contributed by atoms with Crippen LogP contribution in [-0.4, -0.2) is 31.1 Å². The molecule has 0 amide bonds. The first-order valence-electron chi connectivity index (χ1n) is 4.08. The van der Waals surface area contributed by atoms with Gasteiger partial charge >= 0.3 is 0 Å². The second kappa shape index (κ2) is 3.43. The van der Waals surface area contributed by atoms with E-state index in [0.29, 0.717) is 19.0 Å². The lowest BCUT2D eigenvalue weighted by Crippen LogP contribution is -2.03. The van der Waals surface area contributed by atoms with E-state index in [1.807, 2.05) is 6.07 Å². The van der Waals surface area contributed by atoms with E-state index in [-0.39, 0.29) is 0 Å². The zero-order valence-electron chi connectivity index (χ0n) is 7.36. The highest BCUT2D eigenvalue weighted by Gasteiger charge is 2.11. The SMILES string of the molecule is COc1ccnc(C2=NCCO2)c1. The highest BCUT2D eigenvalue weighted by Crippen LogP contribution is 2.12. The first-order valence-corrected chi connectivity index (χ1v) is 4.08. The molecule has 2 heterocycles. The molecule has 4 nitrogen and oxygen atoms in total. The van der Waals surface area contributed by atoms with Crippen LogP contribution in [-0.2, 0) is 4.74 Å². The van der Waals surface area contributed by atoms with Crippen LogP contribution in [0.25, 0.3) is 0 Å². The minimum absolute atomic E-state index is 0.610. The molecule has 0 saturated carbocycles. The minimum atomic E-state index is 0.610. The number of aromatic nitrogens is 1. The Hall–Kier alpha value is -1.58. The maximum Gasteiger partial charge on any atom is 0.235 e. The first-order chi connectivity index (χ1) is 6.40. The summed E-state index contributed by atoms with van der Waals surface area (Å²) in [5.41, 5.74) is 0.733. The van der Waals surface area contributed by atoms with Crippen molar-refractivity contribution in [1.82, 2.24) is 4.98 Å². The van der Waals surface area contributed by atoms with Crippen molar-refractivity contribution in [3.05, 3.63) is 24.0 Å². The van der Waals surface area contributed by atoms with Gasteiger partial charge in [0.05, 0.1) is 13.7 Å². The highest BCUT2D eigenvalue weighted by atomic mass is 16.5. The molecule has 1 aromatic rings. The molecule has 0 spiro atoms. The van der Waals surface area contributed by atoms with Crippen molar-refractivity contribution in [2.75, 3.05) is 20.3 Å². The summed E-state index contributed by atoms with van der Waals surface area (Å²) >= 11 is 0. The van der Waals surface area contributed by atoms with Crippen LogP contribution in [0.4, 0.5) is 0 Å². The summed E-state index contributed by atoms with van der Waals surface area (Å²) in [5, 5.41) is 0. The molecule has 4 heteroatoms. The van der Waals surface area contributed by atoms with E-state index in [4.69, 9.17) is 9.47 Å². The monoisotopic (exact) mass is 178 g/mol. The van der Waals surface area contributed by atoms with Crippen molar-refractivity contribution in [2.45, 2.75) is 0 Å². The average Bonchev–Trinajstić information content (AvgIpc) is 2.71. The summed E-state index contributed by atoms with van der Waals surface area (Å²) < 4.78 is 10.3. The van der Waals surface area contributed by atoms with E-state index in [1.165, 1.54) is 0 Å². The number of rotatable bonds is 2. The first kappa shape index (κ1) is 8.04. The average molecular weight is 178 g/mol. The van der Waals surface area contributed by atoms with Gasteiger partial charge in [-0.25, -0.2) is 4.99 Å². The third kappa shape index (κ3) is 1.61. The van der Waals surface area contributed by atoms with Gasteiger partial charge in [-0.3, -0.25) is 4.98 Å².